The molecule has 0 aliphatic rings. The van der Waals surface area contributed by atoms with Crippen molar-refractivity contribution in [2.24, 2.45) is 13.0 Å². The summed E-state index contributed by atoms with van der Waals surface area (Å²) in [6, 6.07) is 15.2. The molecule has 0 unspecified atom stereocenters. The van der Waals surface area contributed by atoms with Crippen LogP contribution in [0.15, 0.2) is 65.8 Å². The number of hydrogen-bond donors (Lipinski definition) is 2. The van der Waals surface area contributed by atoms with Crippen molar-refractivity contribution >= 4 is 21.7 Å². The van der Waals surface area contributed by atoms with Gasteiger partial charge in [-0.15, -0.1) is 0 Å². The molecule has 10 heteroatoms. The van der Waals surface area contributed by atoms with Crippen LogP contribution in [0.4, 0.5) is 11.6 Å². The summed E-state index contributed by atoms with van der Waals surface area (Å²) in [5.74, 6) is 1.33. The normalized spacial score (nSPS) is 11.5. The monoisotopic (exact) mass is 520 g/mol. The Balaban J connectivity index is 1.65. The molecule has 0 amide bonds. The zero-order valence-corrected chi connectivity index (χ0v) is 22.5. The first-order chi connectivity index (χ1) is 17.6. The molecule has 37 heavy (non-hydrogen) atoms. The van der Waals surface area contributed by atoms with E-state index >= 15 is 0 Å². The van der Waals surface area contributed by atoms with E-state index in [0.29, 0.717) is 17.4 Å². The lowest BCUT2D eigenvalue weighted by atomic mass is 10.00. The van der Waals surface area contributed by atoms with E-state index < -0.39 is 10.0 Å². The van der Waals surface area contributed by atoms with Crippen LogP contribution in [0.5, 0.6) is 11.6 Å². The molecule has 2 aromatic carbocycles. The summed E-state index contributed by atoms with van der Waals surface area (Å²) in [4.78, 5) is 8.90. The maximum atomic E-state index is 12.9. The molecular weight excluding hydrogens is 488 g/mol. The highest BCUT2D eigenvalue weighted by Crippen LogP contribution is 2.31. The van der Waals surface area contributed by atoms with Gasteiger partial charge in [-0.2, -0.15) is 10.1 Å². The average Bonchev–Trinajstić information content (AvgIpc) is 3.27. The molecule has 0 saturated heterocycles. The maximum Gasteiger partial charge on any atom is 0.267 e. The van der Waals surface area contributed by atoms with Gasteiger partial charge in [-0.05, 0) is 61.6 Å². The Hall–Kier alpha value is -3.92. The Morgan fingerprint density at radius 2 is 1.73 bits per heavy atom. The van der Waals surface area contributed by atoms with Crippen molar-refractivity contribution in [3.8, 4) is 22.9 Å². The van der Waals surface area contributed by atoms with E-state index in [2.05, 4.69) is 39.0 Å². The van der Waals surface area contributed by atoms with Crippen molar-refractivity contribution in [3.63, 3.8) is 0 Å². The quantitative estimate of drug-likeness (QED) is 0.282. The third-order valence-corrected chi connectivity index (χ3v) is 7.07. The van der Waals surface area contributed by atoms with Gasteiger partial charge in [0.25, 0.3) is 10.0 Å². The smallest absolute Gasteiger partial charge is 0.267 e. The van der Waals surface area contributed by atoms with Crippen LogP contribution in [-0.4, -0.2) is 34.7 Å². The Bertz CT molecular complexity index is 1460. The Labute approximate surface area is 218 Å². The number of anilines is 2. The number of hydrogen-bond acceptors (Lipinski definition) is 7. The first-order valence-electron chi connectivity index (χ1n) is 12.1. The van der Waals surface area contributed by atoms with Crippen LogP contribution in [0.1, 0.15) is 31.4 Å². The molecule has 0 aliphatic carbocycles. The molecule has 2 N–H and O–H groups in total. The summed E-state index contributed by atoms with van der Waals surface area (Å²) in [5, 5.41) is 7.34. The number of nitrogens with zero attached hydrogens (tertiary/aromatic N) is 4. The predicted molar refractivity (Wildman–Crippen MR) is 145 cm³/mol. The van der Waals surface area contributed by atoms with Crippen molar-refractivity contribution in [2.75, 3.05) is 16.6 Å². The summed E-state index contributed by atoms with van der Waals surface area (Å²) >= 11 is 0. The highest BCUT2D eigenvalue weighted by atomic mass is 32.2. The van der Waals surface area contributed by atoms with Crippen LogP contribution >= 0.6 is 0 Å². The highest BCUT2D eigenvalue weighted by Gasteiger charge is 2.20. The molecule has 9 nitrogen and oxygen atoms in total. The lowest BCUT2D eigenvalue weighted by Gasteiger charge is -2.14. The molecule has 0 radical (unpaired) electrons. The summed E-state index contributed by atoms with van der Waals surface area (Å²) in [6.45, 7) is 9.24. The standard InChI is InChI=1S/C27H32N6O3S/c1-18(2)13-14-28-21-9-11-22(12-10-21)36-25-15-24(26-19(3)7-6-8-20(26)4)30-27(31-25)32-37(34,35)23-16-29-33(5)17-23/h6-12,15-18,28H,13-14H2,1-5H3,(H,30,31,32). The fraction of sp³-hybridized carbons (Fsp3) is 0.296. The average molecular weight is 521 g/mol. The van der Waals surface area contributed by atoms with E-state index in [1.54, 1.807) is 13.1 Å². The van der Waals surface area contributed by atoms with Crippen LogP contribution in [0.2, 0.25) is 0 Å². The van der Waals surface area contributed by atoms with Gasteiger partial charge in [0.2, 0.25) is 11.8 Å². The second-order valence-electron chi connectivity index (χ2n) is 9.37. The summed E-state index contributed by atoms with van der Waals surface area (Å²) in [7, 11) is -2.30. The zero-order valence-electron chi connectivity index (χ0n) is 21.7. The van der Waals surface area contributed by atoms with E-state index in [-0.39, 0.29) is 16.7 Å². The highest BCUT2D eigenvalue weighted by molar-refractivity contribution is 7.92. The number of ether oxygens (including phenoxy) is 1. The molecule has 0 atom stereocenters. The molecule has 0 fully saturated rings. The van der Waals surface area contributed by atoms with Crippen molar-refractivity contribution in [1.29, 1.82) is 0 Å². The van der Waals surface area contributed by atoms with Crippen molar-refractivity contribution in [2.45, 2.75) is 39.0 Å². The first-order valence-corrected chi connectivity index (χ1v) is 13.6. The topological polar surface area (TPSA) is 111 Å². The largest absolute Gasteiger partial charge is 0.439 e. The van der Waals surface area contributed by atoms with Gasteiger partial charge in [0.05, 0.1) is 11.9 Å². The fourth-order valence-corrected chi connectivity index (χ4v) is 4.78. The Morgan fingerprint density at radius 1 is 1.03 bits per heavy atom. The number of nitrogens with one attached hydrogen (secondary N) is 2. The van der Waals surface area contributed by atoms with Crippen LogP contribution in [0, 0.1) is 19.8 Å². The van der Waals surface area contributed by atoms with Gasteiger partial charge in [0.15, 0.2) is 0 Å². The molecule has 4 rings (SSSR count). The van der Waals surface area contributed by atoms with E-state index in [0.717, 1.165) is 35.3 Å². The SMILES string of the molecule is Cc1cccc(C)c1-c1cc(Oc2ccc(NCCC(C)C)cc2)nc(NS(=O)(=O)c2cnn(C)c2)n1. The van der Waals surface area contributed by atoms with E-state index in [9.17, 15) is 8.42 Å². The van der Waals surface area contributed by atoms with Gasteiger partial charge in [0, 0.05) is 37.1 Å². The van der Waals surface area contributed by atoms with Crippen LogP contribution in [0.3, 0.4) is 0 Å². The number of aromatic nitrogens is 4. The minimum absolute atomic E-state index is 0.0131. The molecule has 0 saturated carbocycles. The second-order valence-corrected chi connectivity index (χ2v) is 11.1. The number of aryl methyl sites for hydroxylation is 3. The molecule has 0 bridgehead atoms. The van der Waals surface area contributed by atoms with Gasteiger partial charge in [-0.1, -0.05) is 32.0 Å². The third kappa shape index (κ3) is 6.65. The molecule has 0 spiro atoms. The van der Waals surface area contributed by atoms with Crippen LogP contribution in [-0.2, 0) is 17.1 Å². The van der Waals surface area contributed by atoms with Gasteiger partial charge in [-0.25, -0.2) is 18.1 Å². The number of rotatable bonds is 10. The molecule has 2 aromatic heterocycles. The van der Waals surface area contributed by atoms with Crippen molar-refractivity contribution in [3.05, 3.63) is 72.1 Å². The molecule has 0 aliphatic heterocycles. The maximum absolute atomic E-state index is 12.9. The summed E-state index contributed by atoms with van der Waals surface area (Å²) < 4.78 is 35.8. The summed E-state index contributed by atoms with van der Waals surface area (Å²) in [6.07, 6.45) is 3.76. The molecule has 194 valence electrons. The minimum atomic E-state index is -3.94. The van der Waals surface area contributed by atoms with E-state index in [4.69, 9.17) is 4.74 Å². The van der Waals surface area contributed by atoms with E-state index in [1.807, 2.05) is 56.3 Å². The lowest BCUT2D eigenvalue weighted by Crippen LogP contribution is -2.15. The molecular formula is C27H32N6O3S. The van der Waals surface area contributed by atoms with E-state index in [1.165, 1.54) is 17.1 Å². The summed E-state index contributed by atoms with van der Waals surface area (Å²) in [5.41, 5.74) is 4.44. The zero-order chi connectivity index (χ0) is 26.6. The van der Waals surface area contributed by atoms with Crippen LogP contribution < -0.4 is 14.8 Å². The third-order valence-electron chi connectivity index (χ3n) is 5.78. The second kappa shape index (κ2) is 11.0. The number of sulfonamides is 1. The Morgan fingerprint density at radius 3 is 2.35 bits per heavy atom. The van der Waals surface area contributed by atoms with Gasteiger partial charge in [0.1, 0.15) is 10.6 Å². The van der Waals surface area contributed by atoms with Gasteiger partial charge >= 0.3 is 0 Å². The Kier molecular flexibility index (Phi) is 7.77. The van der Waals surface area contributed by atoms with Crippen molar-refractivity contribution in [1.82, 2.24) is 19.7 Å². The molecule has 4 aromatic rings. The lowest BCUT2D eigenvalue weighted by molar-refractivity contribution is 0.463. The molecule has 2 heterocycles. The predicted octanol–water partition coefficient (Wildman–Crippen LogP) is 5.55. The number of benzene rings is 2. The minimum Gasteiger partial charge on any atom is -0.439 e. The van der Waals surface area contributed by atoms with Crippen LogP contribution in [0.25, 0.3) is 11.3 Å². The fourth-order valence-electron chi connectivity index (χ4n) is 3.85. The van der Waals surface area contributed by atoms with Crippen molar-refractivity contribution < 1.29 is 13.2 Å². The van der Waals surface area contributed by atoms with Gasteiger partial charge in [-0.3, -0.25) is 4.68 Å². The first kappa shape index (κ1) is 26.2. The van der Waals surface area contributed by atoms with Gasteiger partial charge < -0.3 is 10.1 Å².